The normalized spacial score (nSPS) is 13.6. The van der Waals surface area contributed by atoms with E-state index in [-0.39, 0.29) is 17.7 Å². The largest absolute Gasteiger partial charge is 0.462 e. The van der Waals surface area contributed by atoms with Crippen LogP contribution in [-0.4, -0.2) is 12.6 Å². The molecule has 126 valence electrons. The van der Waals surface area contributed by atoms with Crippen LogP contribution in [0.2, 0.25) is 0 Å². The number of esters is 1. The predicted molar refractivity (Wildman–Crippen MR) is 97.8 cm³/mol. The molecule has 26 heavy (non-hydrogen) atoms. The van der Waals surface area contributed by atoms with Crippen molar-refractivity contribution in [1.29, 1.82) is 5.26 Å². The van der Waals surface area contributed by atoms with Gasteiger partial charge in [0.2, 0.25) is 0 Å². The molecule has 0 aliphatic heterocycles. The third kappa shape index (κ3) is 3.48. The Morgan fingerprint density at radius 2 is 2.19 bits per heavy atom. The summed E-state index contributed by atoms with van der Waals surface area (Å²) in [5.41, 5.74) is 1.19. The highest BCUT2D eigenvalue weighted by atomic mass is 16.5. The van der Waals surface area contributed by atoms with Crippen molar-refractivity contribution >= 4 is 29.1 Å². The Morgan fingerprint density at radius 1 is 1.35 bits per heavy atom. The quantitative estimate of drug-likeness (QED) is 0.281. The molecule has 0 fully saturated rings. The third-order valence-corrected chi connectivity index (χ3v) is 3.62. The number of hydrogen-bond donors (Lipinski definition) is 0. The molecular weight excluding hydrogens is 330 g/mol. The first-order chi connectivity index (χ1) is 12.6. The van der Waals surface area contributed by atoms with Gasteiger partial charge in [0, 0.05) is 10.9 Å². The number of carbonyl (C=O) groups excluding carboxylic acids is 1. The molecule has 0 bridgehead atoms. The molecule has 1 aromatic heterocycles. The van der Waals surface area contributed by atoms with Crippen LogP contribution in [0, 0.1) is 23.2 Å². The Labute approximate surface area is 149 Å². The van der Waals surface area contributed by atoms with Gasteiger partial charge >= 0.3 is 11.6 Å². The molecule has 0 N–H and O–H groups in total. The van der Waals surface area contributed by atoms with Gasteiger partial charge in [-0.2, -0.15) is 5.26 Å². The summed E-state index contributed by atoms with van der Waals surface area (Å²) in [5.74, 6) is 5.11. The maximum Gasteiger partial charge on any atom is 0.348 e. The Hall–Kier alpha value is -3.83. The number of nitrogens with zero attached hydrogens (tertiary/aromatic N) is 1. The molecule has 1 heterocycles. The third-order valence-electron chi connectivity index (χ3n) is 3.62. The van der Waals surface area contributed by atoms with Crippen molar-refractivity contribution in [3.63, 3.8) is 0 Å². The molecule has 0 radical (unpaired) electrons. The van der Waals surface area contributed by atoms with Crippen molar-refractivity contribution in [3.05, 3.63) is 69.1 Å². The summed E-state index contributed by atoms with van der Waals surface area (Å²) < 4.78 is 10.1. The van der Waals surface area contributed by atoms with Gasteiger partial charge in [-0.15, -0.1) is 0 Å². The van der Waals surface area contributed by atoms with Gasteiger partial charge in [0.25, 0.3) is 0 Å². The van der Waals surface area contributed by atoms with E-state index in [4.69, 9.17) is 14.4 Å². The first-order valence-corrected chi connectivity index (χ1v) is 7.88. The highest BCUT2D eigenvalue weighted by Crippen LogP contribution is 2.22. The lowest BCUT2D eigenvalue weighted by molar-refractivity contribution is -0.137. The first-order valence-electron chi connectivity index (χ1n) is 7.88. The molecule has 5 heteroatoms. The van der Waals surface area contributed by atoms with Crippen LogP contribution in [0.1, 0.15) is 23.6 Å². The second kappa shape index (κ2) is 7.38. The minimum absolute atomic E-state index is 0.0999. The van der Waals surface area contributed by atoms with Crippen LogP contribution in [-0.2, 0) is 9.53 Å². The monoisotopic (exact) mass is 343 g/mol. The summed E-state index contributed by atoms with van der Waals surface area (Å²) in [6.45, 7) is 1.77. The fourth-order valence-electron chi connectivity index (χ4n) is 2.43. The minimum Gasteiger partial charge on any atom is -0.462 e. The topological polar surface area (TPSA) is 80.3 Å². The van der Waals surface area contributed by atoms with Crippen LogP contribution in [0.3, 0.4) is 0 Å². The van der Waals surface area contributed by atoms with E-state index in [9.17, 15) is 9.59 Å². The van der Waals surface area contributed by atoms with E-state index in [0.717, 1.165) is 11.1 Å². The van der Waals surface area contributed by atoms with Gasteiger partial charge in [-0.05, 0) is 42.8 Å². The van der Waals surface area contributed by atoms with Crippen molar-refractivity contribution in [3.8, 4) is 17.9 Å². The fraction of sp³-hybridized carbons (Fsp3) is 0.0952. The molecule has 0 saturated heterocycles. The summed E-state index contributed by atoms with van der Waals surface area (Å²) in [7, 11) is 0. The number of allylic oxidation sites excluding steroid dienone is 3. The number of fused-ring (bicyclic) bond motifs is 2. The Morgan fingerprint density at radius 3 is 2.96 bits per heavy atom. The van der Waals surface area contributed by atoms with E-state index < -0.39 is 11.6 Å². The number of ether oxygens (including phenoxy) is 1. The zero-order valence-electron chi connectivity index (χ0n) is 13.9. The molecule has 0 saturated carbocycles. The molecule has 5 nitrogen and oxygen atoms in total. The van der Waals surface area contributed by atoms with Crippen LogP contribution >= 0.6 is 0 Å². The molecule has 1 aliphatic rings. The van der Waals surface area contributed by atoms with E-state index >= 15 is 0 Å². The minimum atomic E-state index is -0.780. The Kier molecular flexibility index (Phi) is 4.83. The smallest absolute Gasteiger partial charge is 0.348 e. The van der Waals surface area contributed by atoms with E-state index in [1.807, 2.05) is 24.3 Å². The lowest BCUT2D eigenvalue weighted by Gasteiger charge is -2.05. The molecule has 0 atom stereocenters. The van der Waals surface area contributed by atoms with Crippen molar-refractivity contribution < 1.29 is 13.9 Å². The maximum absolute atomic E-state index is 12.2. The zero-order chi connectivity index (χ0) is 18.5. The standard InChI is InChI=1S/C21H13NO4/c1-2-25-20(23)18(13-22)11-17-10-16-9-14-7-5-3-4-6-8-15(14)12-19(16)26-21(17)24/h3-5,7,9-12H,2H2,1H3/b4-3-,5-3?,7-5?,14-7?,18-11?. The van der Waals surface area contributed by atoms with Gasteiger partial charge in [0.15, 0.2) is 0 Å². The zero-order valence-corrected chi connectivity index (χ0v) is 13.9. The van der Waals surface area contributed by atoms with Crippen LogP contribution in [0.4, 0.5) is 0 Å². The SMILES string of the molecule is CCOC(=O)C(C#N)=Cc1cc2cc3c(cc2oc1=O)C#C/C=C\C=C3. The molecule has 1 aromatic carbocycles. The number of nitriles is 1. The van der Waals surface area contributed by atoms with Crippen molar-refractivity contribution in [2.24, 2.45) is 0 Å². The van der Waals surface area contributed by atoms with Gasteiger partial charge in [-0.3, -0.25) is 0 Å². The summed E-state index contributed by atoms with van der Waals surface area (Å²) in [6.07, 6.45) is 8.51. The Bertz CT molecular complexity index is 1140. The summed E-state index contributed by atoms with van der Waals surface area (Å²) in [6, 6.07) is 6.86. The highest BCUT2D eigenvalue weighted by molar-refractivity contribution is 5.98. The molecule has 2 aromatic rings. The first kappa shape index (κ1) is 17.0. The van der Waals surface area contributed by atoms with E-state index in [1.54, 1.807) is 31.2 Å². The summed E-state index contributed by atoms with van der Waals surface area (Å²) >= 11 is 0. The average molecular weight is 343 g/mol. The number of rotatable bonds is 3. The van der Waals surface area contributed by atoms with Crippen LogP contribution in [0.25, 0.3) is 23.1 Å². The predicted octanol–water partition coefficient (Wildman–Crippen LogP) is 3.20. The van der Waals surface area contributed by atoms with Crippen LogP contribution in [0.5, 0.6) is 0 Å². The number of hydrogen-bond acceptors (Lipinski definition) is 5. The molecule has 3 rings (SSSR count). The molecule has 1 aliphatic carbocycles. The van der Waals surface area contributed by atoms with Crippen LogP contribution < -0.4 is 5.63 Å². The van der Waals surface area contributed by atoms with Gasteiger partial charge in [-0.25, -0.2) is 9.59 Å². The second-order valence-electron chi connectivity index (χ2n) is 5.34. The van der Waals surface area contributed by atoms with E-state index in [0.29, 0.717) is 11.0 Å². The van der Waals surface area contributed by atoms with Crippen LogP contribution in [0.15, 0.2) is 51.2 Å². The average Bonchev–Trinajstić information content (AvgIpc) is 2.60. The molecule has 0 unspecified atom stereocenters. The number of carbonyl (C=O) groups is 1. The Balaban J connectivity index is 2.15. The molecule has 0 spiro atoms. The van der Waals surface area contributed by atoms with Gasteiger partial charge in [0.05, 0.1) is 12.2 Å². The van der Waals surface area contributed by atoms with E-state index in [1.165, 1.54) is 6.08 Å². The highest BCUT2D eigenvalue weighted by Gasteiger charge is 2.13. The maximum atomic E-state index is 12.2. The van der Waals surface area contributed by atoms with E-state index in [2.05, 4.69) is 11.8 Å². The fourth-order valence-corrected chi connectivity index (χ4v) is 2.43. The lowest BCUT2D eigenvalue weighted by Crippen LogP contribution is -2.09. The van der Waals surface area contributed by atoms with Gasteiger partial charge < -0.3 is 9.15 Å². The lowest BCUT2D eigenvalue weighted by atomic mass is 10.0. The van der Waals surface area contributed by atoms with Crippen molar-refractivity contribution in [2.45, 2.75) is 6.92 Å². The van der Waals surface area contributed by atoms with Crippen molar-refractivity contribution in [1.82, 2.24) is 0 Å². The van der Waals surface area contributed by atoms with Crippen molar-refractivity contribution in [2.75, 3.05) is 6.61 Å². The van der Waals surface area contributed by atoms with Gasteiger partial charge in [-0.1, -0.05) is 30.1 Å². The second-order valence-corrected chi connectivity index (χ2v) is 5.34. The van der Waals surface area contributed by atoms with Gasteiger partial charge in [0.1, 0.15) is 17.2 Å². The number of benzene rings is 1. The summed E-state index contributed by atoms with van der Waals surface area (Å²) in [4.78, 5) is 24.0. The summed E-state index contributed by atoms with van der Waals surface area (Å²) in [5, 5.41) is 9.78. The molecular formula is C21H13NO4. The molecule has 0 amide bonds.